The van der Waals surface area contributed by atoms with Crippen molar-refractivity contribution in [2.24, 2.45) is 0 Å². The Hall–Kier alpha value is -0.378. The molecule has 0 aliphatic carbocycles. The van der Waals surface area contributed by atoms with Crippen LogP contribution in [-0.4, -0.2) is 15.5 Å². The molecule has 0 aliphatic rings. The zero-order chi connectivity index (χ0) is 21.1. The number of hydrogen-bond acceptors (Lipinski definition) is 1. The Balaban J connectivity index is 0.000000503. The predicted octanol–water partition coefficient (Wildman–Crippen LogP) is 8.29. The zero-order valence-electron chi connectivity index (χ0n) is 18.8. The summed E-state index contributed by atoms with van der Waals surface area (Å²) in [6.45, 7) is 19.0. The molecule has 158 valence electrons. The molecule has 0 saturated carbocycles. The van der Waals surface area contributed by atoms with Crippen LogP contribution < -0.4 is 5.73 Å². The largest absolute Gasteiger partial charge is 2.00 e. The van der Waals surface area contributed by atoms with Gasteiger partial charge in [-0.3, -0.25) is 0 Å². The predicted molar refractivity (Wildman–Crippen MR) is 127 cm³/mol. The van der Waals surface area contributed by atoms with Crippen molar-refractivity contribution in [3.05, 3.63) is 54.6 Å². The first-order chi connectivity index (χ1) is 12.1. The molecule has 2 aromatic carbocycles. The molecule has 0 amide bonds. The molecule has 0 unspecified atom stereocenters. The van der Waals surface area contributed by atoms with Gasteiger partial charge in [0.15, 0.2) is 0 Å². The van der Waals surface area contributed by atoms with Crippen molar-refractivity contribution in [2.45, 2.75) is 77.8 Å². The zero-order valence-corrected chi connectivity index (χ0v) is 22.0. The van der Waals surface area contributed by atoms with Gasteiger partial charge in [-0.1, -0.05) is 23.8 Å². The maximum Gasteiger partial charge on any atom is 2.00 e. The molecule has 0 aromatic heterocycles. The monoisotopic (exact) mass is 511 g/mol. The fraction of sp³-hybridized carbons (Fsp3) is 0.500. The van der Waals surface area contributed by atoms with Crippen LogP contribution in [-0.2, 0) is 20.4 Å². The number of benzene rings is 2. The van der Waals surface area contributed by atoms with Gasteiger partial charge in [0.2, 0.25) is 0 Å². The number of rotatable bonds is 1. The summed E-state index contributed by atoms with van der Waals surface area (Å²) in [6, 6.07) is 18.8. The molecule has 0 bridgehead atoms. The Kier molecular flexibility index (Phi) is 9.95. The molecule has 2 rings (SSSR count). The summed E-state index contributed by atoms with van der Waals surface area (Å²) in [5.41, 5.74) is 8.72. The van der Waals surface area contributed by atoms with E-state index in [2.05, 4.69) is 68.4 Å². The molecule has 0 heterocycles. The van der Waals surface area contributed by atoms with Crippen molar-refractivity contribution in [1.82, 2.24) is 0 Å². The number of halogens is 1. The van der Waals surface area contributed by atoms with E-state index in [9.17, 15) is 0 Å². The summed E-state index contributed by atoms with van der Waals surface area (Å²) >= 11 is 7.08. The van der Waals surface area contributed by atoms with E-state index in [0.29, 0.717) is 0 Å². The summed E-state index contributed by atoms with van der Waals surface area (Å²) in [6.07, 6.45) is 0. The van der Waals surface area contributed by atoms with Crippen LogP contribution in [0.5, 0.6) is 0 Å². The third-order valence-corrected chi connectivity index (χ3v) is 14.8. The van der Waals surface area contributed by atoms with Gasteiger partial charge in [-0.25, -0.2) is 0 Å². The molecule has 0 fully saturated rings. The quantitative estimate of drug-likeness (QED) is 0.177. The SMILES string of the molecule is CC(C)(C)[P+](Cl)(C(C)(C)C)C(C)(C)C.Nc1ccccc1-c1[c-]cccc1.[Pd+2]. The third-order valence-electron chi connectivity index (χ3n) is 4.73. The normalized spacial score (nSPS) is 12.5. The van der Waals surface area contributed by atoms with E-state index >= 15 is 0 Å². The van der Waals surface area contributed by atoms with Crippen LogP contribution in [0.4, 0.5) is 5.69 Å². The summed E-state index contributed by atoms with van der Waals surface area (Å²) < 4.78 is 0. The maximum absolute atomic E-state index is 7.08. The summed E-state index contributed by atoms with van der Waals surface area (Å²) in [5, 5.41) is 0.598. The Morgan fingerprint density at radius 2 is 1.18 bits per heavy atom. The number of anilines is 1. The first-order valence-electron chi connectivity index (χ1n) is 9.53. The van der Waals surface area contributed by atoms with Gasteiger partial charge >= 0.3 is 20.4 Å². The van der Waals surface area contributed by atoms with Gasteiger partial charge in [0.05, 0.1) is 26.7 Å². The van der Waals surface area contributed by atoms with Gasteiger partial charge in [0, 0.05) is 0 Å². The van der Waals surface area contributed by atoms with E-state index in [1.165, 1.54) is 0 Å². The van der Waals surface area contributed by atoms with E-state index in [4.69, 9.17) is 17.0 Å². The van der Waals surface area contributed by atoms with Crippen LogP contribution in [0.15, 0.2) is 48.5 Å². The Morgan fingerprint density at radius 1 is 0.750 bits per heavy atom. The second-order valence-electron chi connectivity index (χ2n) is 9.96. The minimum absolute atomic E-state index is 0. The molecule has 4 heteroatoms. The average molecular weight is 512 g/mol. The minimum atomic E-state index is -1.55. The summed E-state index contributed by atoms with van der Waals surface area (Å²) in [5.74, 6) is 0. The molecule has 1 nitrogen and oxygen atoms in total. The first-order valence-corrected chi connectivity index (χ1v) is 12.2. The number of para-hydroxylation sites is 1. The summed E-state index contributed by atoms with van der Waals surface area (Å²) in [7, 11) is 0. The molecular formula is C24H37ClNPPd+2. The molecule has 28 heavy (non-hydrogen) atoms. The van der Waals surface area contributed by atoms with Gasteiger partial charge in [0.1, 0.15) is 6.62 Å². The smallest absolute Gasteiger partial charge is 0.406 e. The van der Waals surface area contributed by atoms with Crippen LogP contribution in [0.1, 0.15) is 62.3 Å². The molecule has 0 spiro atoms. The first kappa shape index (κ1) is 27.6. The van der Waals surface area contributed by atoms with Crippen LogP contribution in [0.25, 0.3) is 11.1 Å². The molecule has 0 radical (unpaired) electrons. The topological polar surface area (TPSA) is 26.0 Å². The fourth-order valence-electron chi connectivity index (χ4n) is 4.32. The van der Waals surface area contributed by atoms with Crippen molar-refractivity contribution >= 4 is 23.5 Å². The Morgan fingerprint density at radius 3 is 1.50 bits per heavy atom. The van der Waals surface area contributed by atoms with E-state index in [1.807, 2.05) is 48.5 Å². The minimum Gasteiger partial charge on any atom is -0.406 e. The van der Waals surface area contributed by atoms with Crippen LogP contribution in [0.2, 0.25) is 0 Å². The third kappa shape index (κ3) is 6.31. The number of nitrogens with two attached hydrogens (primary N) is 1. The van der Waals surface area contributed by atoms with Crippen LogP contribution >= 0.6 is 17.9 Å². The van der Waals surface area contributed by atoms with Gasteiger partial charge in [-0.15, -0.1) is 35.9 Å². The van der Waals surface area contributed by atoms with E-state index in [-0.39, 0.29) is 35.9 Å². The van der Waals surface area contributed by atoms with Gasteiger partial charge < -0.3 is 5.73 Å². The number of hydrogen-bond donors (Lipinski definition) is 1. The van der Waals surface area contributed by atoms with Gasteiger partial charge in [-0.2, -0.15) is 0 Å². The molecular weight excluding hydrogens is 475 g/mol. The Bertz CT molecular complexity index is 689. The molecule has 0 aliphatic heterocycles. The van der Waals surface area contributed by atoms with Crippen molar-refractivity contribution in [3.8, 4) is 11.1 Å². The van der Waals surface area contributed by atoms with E-state index in [0.717, 1.165) is 16.8 Å². The molecule has 0 saturated heterocycles. The van der Waals surface area contributed by atoms with E-state index in [1.54, 1.807) is 0 Å². The maximum atomic E-state index is 7.08. The van der Waals surface area contributed by atoms with Gasteiger partial charge in [0.25, 0.3) is 0 Å². The van der Waals surface area contributed by atoms with Crippen molar-refractivity contribution in [3.63, 3.8) is 0 Å². The Labute approximate surface area is 192 Å². The van der Waals surface area contributed by atoms with E-state index < -0.39 is 6.62 Å². The van der Waals surface area contributed by atoms with Crippen LogP contribution in [0.3, 0.4) is 0 Å². The molecule has 0 atom stereocenters. The number of nitrogen functional groups attached to an aromatic ring is 1. The van der Waals surface area contributed by atoms with Gasteiger partial charge in [-0.05, 0) is 74.1 Å². The second kappa shape index (κ2) is 10.1. The second-order valence-corrected chi connectivity index (χ2v) is 16.7. The average Bonchev–Trinajstić information content (AvgIpc) is 2.53. The summed E-state index contributed by atoms with van der Waals surface area (Å²) in [4.78, 5) is 0. The molecule has 2 aromatic rings. The van der Waals surface area contributed by atoms with Crippen molar-refractivity contribution < 1.29 is 20.4 Å². The van der Waals surface area contributed by atoms with Crippen molar-refractivity contribution in [2.75, 3.05) is 5.73 Å². The van der Waals surface area contributed by atoms with Crippen molar-refractivity contribution in [1.29, 1.82) is 0 Å². The fourth-order valence-corrected chi connectivity index (χ4v) is 10.4. The molecule has 2 N–H and O–H groups in total. The standard InChI is InChI=1S/C12H27ClP.C12H10N.Pd/c1-10(2,3)14(13,11(4,5)6)12(7,8)9;13-12-9-5-4-8-11(12)10-6-2-1-3-7-10;/h1-9H3;1-6,8-9H,13H2;/q+1;-1;+2. The van der Waals surface area contributed by atoms with Crippen LogP contribution in [0, 0.1) is 6.07 Å².